The fourth-order valence-corrected chi connectivity index (χ4v) is 6.01. The molecule has 11 nitrogen and oxygen atoms in total. The number of hydrogen-bond donors (Lipinski definition) is 3. The van der Waals surface area contributed by atoms with Gasteiger partial charge in [-0.2, -0.15) is 8.42 Å². The van der Waals surface area contributed by atoms with Crippen LogP contribution in [0.1, 0.15) is 22.5 Å². The first kappa shape index (κ1) is 40.9. The van der Waals surface area contributed by atoms with Gasteiger partial charge in [0.1, 0.15) is 51.7 Å². The number of hydrogen-bond acceptors (Lipinski definition) is 10. The van der Waals surface area contributed by atoms with Crippen molar-refractivity contribution in [3.63, 3.8) is 0 Å². The van der Waals surface area contributed by atoms with Gasteiger partial charge in [0.05, 0.1) is 27.7 Å². The molecule has 0 saturated carbocycles. The van der Waals surface area contributed by atoms with Crippen molar-refractivity contribution in [2.75, 3.05) is 30.9 Å². The molecule has 0 aliphatic heterocycles. The fraction of sp³-hybridized carbons (Fsp3) is 0.211. The Labute approximate surface area is 313 Å². The third-order valence-electron chi connectivity index (χ3n) is 7.46. The zero-order valence-electron chi connectivity index (χ0n) is 29.5. The van der Waals surface area contributed by atoms with E-state index in [9.17, 15) is 21.2 Å². The van der Waals surface area contributed by atoms with Crippen LogP contribution in [0.25, 0.3) is 22.2 Å². The number of sulfone groups is 1. The molecule has 0 saturated heterocycles. The minimum absolute atomic E-state index is 0.0666. The quantitative estimate of drug-likeness (QED) is 0.0874. The summed E-state index contributed by atoms with van der Waals surface area (Å²) in [6.45, 7) is 4.98. The van der Waals surface area contributed by atoms with E-state index in [0.29, 0.717) is 30.5 Å². The molecule has 0 spiro atoms. The highest BCUT2D eigenvalue weighted by molar-refractivity contribution is 7.90. The summed E-state index contributed by atoms with van der Waals surface area (Å²) in [4.78, 5) is 8.42. The van der Waals surface area contributed by atoms with E-state index in [-0.39, 0.29) is 16.5 Å². The molecule has 0 atom stereocenters. The van der Waals surface area contributed by atoms with Crippen molar-refractivity contribution in [2.45, 2.75) is 31.9 Å². The molecule has 6 aromatic rings. The van der Waals surface area contributed by atoms with Gasteiger partial charge < -0.3 is 19.8 Å². The maximum absolute atomic E-state index is 12.9. The van der Waals surface area contributed by atoms with E-state index < -0.39 is 20.0 Å². The summed E-state index contributed by atoms with van der Waals surface area (Å²) in [7, 11) is -5.15. The molecule has 0 amide bonds. The van der Waals surface area contributed by atoms with Crippen molar-refractivity contribution >= 4 is 48.3 Å². The van der Waals surface area contributed by atoms with E-state index >= 15 is 0 Å². The summed E-state index contributed by atoms with van der Waals surface area (Å²) in [5.41, 5.74) is 4.60. The summed E-state index contributed by atoms with van der Waals surface area (Å²) < 4.78 is 76.1. The molecule has 0 bridgehead atoms. The Balaban J connectivity index is 0.000000193. The minimum atomic E-state index is -4.02. The Hall–Kier alpha value is -4.86. The van der Waals surface area contributed by atoms with E-state index in [1.165, 1.54) is 36.8 Å². The number of rotatable bonds is 11. The summed E-state index contributed by atoms with van der Waals surface area (Å²) in [5, 5.41) is 7.62. The van der Waals surface area contributed by atoms with Crippen LogP contribution in [0, 0.1) is 19.7 Å². The van der Waals surface area contributed by atoms with Crippen molar-refractivity contribution in [3.05, 3.63) is 137 Å². The van der Waals surface area contributed by atoms with Gasteiger partial charge in [-0.25, -0.2) is 22.8 Å². The Bertz CT molecular complexity index is 2360. The van der Waals surface area contributed by atoms with Crippen LogP contribution in [0.2, 0.25) is 5.02 Å². The SMILES string of the molecule is CNc1ncnc2ccc(-c3ccc(CNCCS(C)(=O)=O)o3)cc12.Cc1ccc(OCc2cccc(F)c2)c(Cl)c1.Cc1ccc(S(=O)(=O)O)cc1. The number of fused-ring (bicyclic) bond motifs is 1. The van der Waals surface area contributed by atoms with Crippen LogP contribution in [-0.4, -0.2) is 57.0 Å². The minimum Gasteiger partial charge on any atom is -0.487 e. The van der Waals surface area contributed by atoms with Crippen molar-refractivity contribution in [1.82, 2.24) is 15.3 Å². The van der Waals surface area contributed by atoms with Gasteiger partial charge in [0, 0.05) is 30.8 Å². The zero-order chi connectivity index (χ0) is 38.6. The lowest BCUT2D eigenvalue weighted by Gasteiger charge is -2.08. The molecular weight excluding hydrogens is 743 g/mol. The first-order valence-corrected chi connectivity index (χ1v) is 20.1. The predicted molar refractivity (Wildman–Crippen MR) is 206 cm³/mol. The van der Waals surface area contributed by atoms with E-state index in [4.69, 9.17) is 25.3 Å². The smallest absolute Gasteiger partial charge is 0.294 e. The molecule has 3 N–H and O–H groups in total. The Kier molecular flexibility index (Phi) is 14.5. The normalized spacial score (nSPS) is 11.2. The number of benzene rings is 4. The van der Waals surface area contributed by atoms with Crippen molar-refractivity contribution < 1.29 is 34.9 Å². The van der Waals surface area contributed by atoms with Crippen LogP contribution in [0.5, 0.6) is 5.75 Å². The molecule has 15 heteroatoms. The Morgan fingerprint density at radius 1 is 0.887 bits per heavy atom. The second kappa shape index (κ2) is 18.8. The van der Waals surface area contributed by atoms with E-state index in [0.717, 1.165) is 50.5 Å². The van der Waals surface area contributed by atoms with Crippen LogP contribution in [0.15, 0.2) is 113 Å². The van der Waals surface area contributed by atoms with Crippen molar-refractivity contribution in [1.29, 1.82) is 0 Å². The van der Waals surface area contributed by atoms with Gasteiger partial charge in [0.2, 0.25) is 0 Å². The number of nitrogens with one attached hydrogen (secondary N) is 2. The highest BCUT2D eigenvalue weighted by atomic mass is 35.5. The zero-order valence-corrected chi connectivity index (χ0v) is 31.9. The highest BCUT2D eigenvalue weighted by Gasteiger charge is 2.10. The average molecular weight is 783 g/mol. The van der Waals surface area contributed by atoms with Gasteiger partial charge in [0.15, 0.2) is 0 Å². The molecular formula is C38H40ClFN4O7S2. The molecule has 53 heavy (non-hydrogen) atoms. The molecule has 4 aromatic carbocycles. The third kappa shape index (κ3) is 13.3. The van der Waals surface area contributed by atoms with Crippen molar-refractivity contribution in [2.24, 2.45) is 0 Å². The number of nitrogens with zero attached hydrogens (tertiary/aromatic N) is 2. The largest absolute Gasteiger partial charge is 0.487 e. The molecule has 0 fully saturated rings. The summed E-state index contributed by atoms with van der Waals surface area (Å²) in [5.74, 6) is 2.72. The van der Waals surface area contributed by atoms with E-state index in [1.807, 2.05) is 75.5 Å². The average Bonchev–Trinajstić information content (AvgIpc) is 3.58. The van der Waals surface area contributed by atoms with Crippen LogP contribution < -0.4 is 15.4 Å². The molecule has 0 aliphatic carbocycles. The number of anilines is 1. The molecule has 280 valence electrons. The van der Waals surface area contributed by atoms with Gasteiger partial charge in [-0.05, 0) is 91.7 Å². The highest BCUT2D eigenvalue weighted by Crippen LogP contribution is 2.28. The second-order valence-corrected chi connectivity index (χ2v) is 16.0. The van der Waals surface area contributed by atoms with Crippen LogP contribution >= 0.6 is 11.6 Å². The maximum Gasteiger partial charge on any atom is 0.294 e. The third-order valence-corrected chi connectivity index (χ3v) is 9.57. The molecule has 0 radical (unpaired) electrons. The molecule has 6 rings (SSSR count). The van der Waals surface area contributed by atoms with Gasteiger partial charge in [-0.3, -0.25) is 4.55 Å². The molecule has 2 heterocycles. The lowest BCUT2D eigenvalue weighted by molar-refractivity contribution is 0.305. The first-order valence-electron chi connectivity index (χ1n) is 16.2. The lowest BCUT2D eigenvalue weighted by atomic mass is 10.1. The number of aryl methyl sites for hydroxylation is 2. The van der Waals surface area contributed by atoms with Gasteiger partial charge >= 0.3 is 0 Å². The van der Waals surface area contributed by atoms with Gasteiger partial charge in [-0.15, -0.1) is 0 Å². The van der Waals surface area contributed by atoms with Crippen LogP contribution in [0.4, 0.5) is 10.2 Å². The van der Waals surface area contributed by atoms with E-state index in [2.05, 4.69) is 20.6 Å². The molecule has 0 aliphatic rings. The molecule has 0 unspecified atom stereocenters. The topological polar surface area (TPSA) is 161 Å². The molecule has 2 aromatic heterocycles. The Morgan fingerprint density at radius 2 is 1.62 bits per heavy atom. The summed E-state index contributed by atoms with van der Waals surface area (Å²) >= 11 is 6.03. The second-order valence-electron chi connectivity index (χ2n) is 11.9. The predicted octanol–water partition coefficient (Wildman–Crippen LogP) is 7.67. The van der Waals surface area contributed by atoms with Crippen LogP contribution in [0.3, 0.4) is 0 Å². The van der Waals surface area contributed by atoms with Crippen molar-refractivity contribution in [3.8, 4) is 17.1 Å². The lowest BCUT2D eigenvalue weighted by Crippen LogP contribution is -2.21. The maximum atomic E-state index is 12.9. The fourth-order valence-electron chi connectivity index (χ4n) is 4.73. The summed E-state index contributed by atoms with van der Waals surface area (Å²) in [6, 6.07) is 27.5. The number of aromatic nitrogens is 2. The number of ether oxygens (including phenoxy) is 1. The number of halogens is 2. The van der Waals surface area contributed by atoms with Crippen LogP contribution in [-0.2, 0) is 33.1 Å². The van der Waals surface area contributed by atoms with Gasteiger partial charge in [0.25, 0.3) is 10.1 Å². The Morgan fingerprint density at radius 3 is 2.28 bits per heavy atom. The summed E-state index contributed by atoms with van der Waals surface area (Å²) in [6.07, 6.45) is 2.75. The van der Waals surface area contributed by atoms with E-state index in [1.54, 1.807) is 18.2 Å². The first-order chi connectivity index (χ1) is 25.1. The monoisotopic (exact) mass is 782 g/mol. The number of furan rings is 1. The van der Waals surface area contributed by atoms with Gasteiger partial charge in [-0.1, -0.05) is 47.5 Å². The standard InChI is InChI=1S/C17H20N4O3S.C14H12ClFO.C7H8O3S/c1-18-17-14-9-12(3-5-15(14)20-11-21-17)16-6-4-13(24-16)10-19-7-8-25(2,22)23;1-10-5-6-14(13(15)7-10)17-9-11-3-2-4-12(16)8-11;1-6-2-4-7(5-3-6)11(8,9)10/h3-6,9,11,19H,7-8,10H2,1-2H3,(H,18,20,21);2-8H,9H2,1H3;2-5H,1H3,(H,8,9,10).